The van der Waals surface area contributed by atoms with Crippen LogP contribution in [-0.4, -0.2) is 5.78 Å². The molecule has 0 aromatic heterocycles. The van der Waals surface area contributed by atoms with Crippen LogP contribution in [0.1, 0.15) is 20.7 Å². The highest BCUT2D eigenvalue weighted by Gasteiger charge is 2.20. The first-order valence-electron chi connectivity index (χ1n) is 5.28. The second-order valence-corrected chi connectivity index (χ2v) is 5.52. The monoisotopic (exact) mass is 342 g/mol. The van der Waals surface area contributed by atoms with E-state index in [1.165, 1.54) is 0 Å². The van der Waals surface area contributed by atoms with Gasteiger partial charge in [0.2, 0.25) is 0 Å². The van der Waals surface area contributed by atoms with Crippen molar-refractivity contribution in [2.45, 2.75) is 4.83 Å². The molecule has 0 amide bonds. The molecule has 18 heavy (non-hydrogen) atoms. The Kier molecular flexibility index (Phi) is 4.44. The van der Waals surface area contributed by atoms with Gasteiger partial charge in [0.25, 0.3) is 0 Å². The van der Waals surface area contributed by atoms with Crippen LogP contribution in [0.2, 0.25) is 10.0 Å². The van der Waals surface area contributed by atoms with E-state index in [0.717, 1.165) is 5.56 Å². The summed E-state index contributed by atoms with van der Waals surface area (Å²) >= 11 is 15.2. The van der Waals surface area contributed by atoms with Gasteiger partial charge in [-0.1, -0.05) is 63.4 Å². The van der Waals surface area contributed by atoms with E-state index in [9.17, 15) is 4.79 Å². The van der Waals surface area contributed by atoms with Gasteiger partial charge in [0.1, 0.15) is 4.83 Å². The third-order valence-electron chi connectivity index (χ3n) is 2.53. The lowest BCUT2D eigenvalue weighted by molar-refractivity contribution is 0.0991. The van der Waals surface area contributed by atoms with Crippen LogP contribution in [0.15, 0.2) is 48.5 Å². The molecule has 2 rings (SSSR count). The Bertz CT molecular complexity index is 566. The van der Waals surface area contributed by atoms with Crippen molar-refractivity contribution < 1.29 is 4.79 Å². The lowest BCUT2D eigenvalue weighted by Gasteiger charge is -2.10. The van der Waals surface area contributed by atoms with Gasteiger partial charge < -0.3 is 0 Å². The molecule has 0 N–H and O–H groups in total. The molecule has 2 aromatic rings. The average Bonchev–Trinajstić information content (AvgIpc) is 2.38. The van der Waals surface area contributed by atoms with Crippen LogP contribution in [-0.2, 0) is 0 Å². The zero-order chi connectivity index (χ0) is 13.1. The fraction of sp³-hybridized carbons (Fsp3) is 0.0714. The quantitative estimate of drug-likeness (QED) is 0.545. The molecule has 92 valence electrons. The molecule has 0 aliphatic heterocycles. The van der Waals surface area contributed by atoms with Crippen LogP contribution in [0.3, 0.4) is 0 Å². The average molecular weight is 344 g/mol. The standard InChI is InChI=1S/C14H9BrCl2O/c15-13(9-5-7-10(16)8-6-9)14(18)11-3-1-2-4-12(11)17/h1-8,13H. The minimum absolute atomic E-state index is 0.0667. The molecule has 0 fully saturated rings. The highest BCUT2D eigenvalue weighted by molar-refractivity contribution is 9.09. The molecule has 0 aliphatic carbocycles. The third kappa shape index (κ3) is 2.94. The number of benzene rings is 2. The summed E-state index contributed by atoms with van der Waals surface area (Å²) in [6.07, 6.45) is 0. The molecule has 0 saturated carbocycles. The number of carbonyl (C=O) groups is 1. The first-order valence-corrected chi connectivity index (χ1v) is 6.95. The first-order chi connectivity index (χ1) is 8.59. The Hall–Kier alpha value is -0.830. The van der Waals surface area contributed by atoms with Crippen molar-refractivity contribution in [1.29, 1.82) is 0 Å². The maximum Gasteiger partial charge on any atom is 0.182 e. The van der Waals surface area contributed by atoms with E-state index < -0.39 is 4.83 Å². The second kappa shape index (κ2) is 5.87. The molecule has 1 nitrogen and oxygen atoms in total. The van der Waals surface area contributed by atoms with Gasteiger partial charge in [0.05, 0.1) is 5.02 Å². The summed E-state index contributed by atoms with van der Waals surface area (Å²) in [5, 5.41) is 1.10. The van der Waals surface area contributed by atoms with Crippen molar-refractivity contribution in [2.24, 2.45) is 0 Å². The predicted octanol–water partition coefficient (Wildman–Crippen LogP) is 5.31. The van der Waals surface area contributed by atoms with Crippen LogP contribution < -0.4 is 0 Å². The van der Waals surface area contributed by atoms with E-state index in [4.69, 9.17) is 23.2 Å². The van der Waals surface area contributed by atoms with Gasteiger partial charge in [-0.2, -0.15) is 0 Å². The van der Waals surface area contributed by atoms with E-state index >= 15 is 0 Å². The minimum Gasteiger partial charge on any atom is -0.292 e. The zero-order valence-electron chi connectivity index (χ0n) is 9.24. The molecule has 1 unspecified atom stereocenters. The Labute approximate surface area is 124 Å². The molecule has 4 heteroatoms. The molecule has 0 bridgehead atoms. The van der Waals surface area contributed by atoms with Gasteiger partial charge >= 0.3 is 0 Å². The Morgan fingerprint density at radius 1 is 1.00 bits per heavy atom. The van der Waals surface area contributed by atoms with E-state index in [-0.39, 0.29) is 5.78 Å². The third-order valence-corrected chi connectivity index (χ3v) is 4.06. The molecule has 0 heterocycles. The maximum absolute atomic E-state index is 12.3. The van der Waals surface area contributed by atoms with Crippen LogP contribution in [0.25, 0.3) is 0 Å². The van der Waals surface area contributed by atoms with Crippen LogP contribution >= 0.6 is 39.1 Å². The van der Waals surface area contributed by atoms with Gasteiger partial charge in [-0.25, -0.2) is 0 Å². The molecule has 0 spiro atoms. The SMILES string of the molecule is O=C(c1ccccc1Cl)C(Br)c1ccc(Cl)cc1. The molecule has 0 aliphatic rings. The number of alkyl halides is 1. The fourth-order valence-electron chi connectivity index (χ4n) is 1.58. The first kappa shape index (κ1) is 13.6. The number of rotatable bonds is 3. The summed E-state index contributed by atoms with van der Waals surface area (Å²) in [6, 6.07) is 14.2. The van der Waals surface area contributed by atoms with Crippen molar-refractivity contribution >= 4 is 44.9 Å². The molecular formula is C14H9BrCl2O. The predicted molar refractivity (Wildman–Crippen MR) is 78.9 cm³/mol. The summed E-state index contributed by atoms with van der Waals surface area (Å²) in [4.78, 5) is 11.9. The van der Waals surface area contributed by atoms with E-state index in [0.29, 0.717) is 15.6 Å². The maximum atomic E-state index is 12.3. The molecule has 0 saturated heterocycles. The Balaban J connectivity index is 2.29. The normalized spacial score (nSPS) is 12.2. The number of hydrogen-bond donors (Lipinski definition) is 0. The largest absolute Gasteiger partial charge is 0.292 e. The van der Waals surface area contributed by atoms with Gasteiger partial charge in [-0.15, -0.1) is 0 Å². The minimum atomic E-state index is -0.422. The second-order valence-electron chi connectivity index (χ2n) is 3.76. The summed E-state index contributed by atoms with van der Waals surface area (Å²) in [7, 11) is 0. The van der Waals surface area contributed by atoms with Crippen molar-refractivity contribution in [1.82, 2.24) is 0 Å². The number of halogens is 3. The number of carbonyl (C=O) groups excluding carboxylic acids is 1. The van der Waals surface area contributed by atoms with Crippen molar-refractivity contribution in [2.75, 3.05) is 0 Å². The van der Waals surface area contributed by atoms with Crippen molar-refractivity contribution in [3.05, 3.63) is 69.7 Å². The van der Waals surface area contributed by atoms with E-state index in [2.05, 4.69) is 15.9 Å². The van der Waals surface area contributed by atoms with E-state index in [1.807, 2.05) is 12.1 Å². The number of ketones is 1. The van der Waals surface area contributed by atoms with E-state index in [1.54, 1.807) is 36.4 Å². The summed E-state index contributed by atoms with van der Waals surface area (Å²) < 4.78 is 0. The van der Waals surface area contributed by atoms with Gasteiger partial charge in [-0.3, -0.25) is 4.79 Å². The summed E-state index contributed by atoms with van der Waals surface area (Å²) in [5.74, 6) is -0.0667. The van der Waals surface area contributed by atoms with Crippen LogP contribution in [0.4, 0.5) is 0 Å². The van der Waals surface area contributed by atoms with Crippen molar-refractivity contribution in [3.63, 3.8) is 0 Å². The topological polar surface area (TPSA) is 17.1 Å². The van der Waals surface area contributed by atoms with Gasteiger partial charge in [0.15, 0.2) is 5.78 Å². The van der Waals surface area contributed by atoms with Crippen molar-refractivity contribution in [3.8, 4) is 0 Å². The van der Waals surface area contributed by atoms with Gasteiger partial charge in [0, 0.05) is 10.6 Å². The zero-order valence-corrected chi connectivity index (χ0v) is 12.3. The molecule has 1 atom stereocenters. The number of Topliss-reactive ketones (excluding diaryl/α,β-unsaturated/α-hetero) is 1. The summed E-state index contributed by atoms with van der Waals surface area (Å²) in [6.45, 7) is 0. The Morgan fingerprint density at radius 2 is 1.61 bits per heavy atom. The number of hydrogen-bond acceptors (Lipinski definition) is 1. The molecule has 0 radical (unpaired) electrons. The highest BCUT2D eigenvalue weighted by Crippen LogP contribution is 2.30. The Morgan fingerprint density at radius 3 is 2.22 bits per heavy atom. The molecule has 2 aromatic carbocycles. The lowest BCUT2D eigenvalue weighted by atomic mass is 10.0. The van der Waals surface area contributed by atoms with Crippen LogP contribution in [0.5, 0.6) is 0 Å². The van der Waals surface area contributed by atoms with Crippen LogP contribution in [0, 0.1) is 0 Å². The van der Waals surface area contributed by atoms with Gasteiger partial charge in [-0.05, 0) is 29.8 Å². The lowest BCUT2D eigenvalue weighted by Crippen LogP contribution is -2.07. The fourth-order valence-corrected chi connectivity index (χ4v) is 2.49. The highest BCUT2D eigenvalue weighted by atomic mass is 79.9. The molecular weight excluding hydrogens is 335 g/mol. The smallest absolute Gasteiger partial charge is 0.182 e. The summed E-state index contributed by atoms with van der Waals surface area (Å²) in [5.41, 5.74) is 1.36.